The van der Waals surface area contributed by atoms with Gasteiger partial charge in [0, 0.05) is 5.56 Å². The molecule has 1 saturated heterocycles. The van der Waals surface area contributed by atoms with Crippen LogP contribution in [0.1, 0.15) is 18.7 Å². The second-order valence-corrected chi connectivity index (χ2v) is 5.27. The molecule has 1 fully saturated rings. The van der Waals surface area contributed by atoms with Crippen LogP contribution in [0.5, 0.6) is 0 Å². The maximum atomic E-state index is 10.9. The number of rotatable bonds is 4. The molecule has 1 aliphatic rings. The molecule has 6 heteroatoms. The van der Waals surface area contributed by atoms with E-state index in [0.717, 1.165) is 18.7 Å². The van der Waals surface area contributed by atoms with Crippen molar-refractivity contribution in [2.75, 3.05) is 13.1 Å². The van der Waals surface area contributed by atoms with Crippen molar-refractivity contribution in [2.24, 2.45) is 5.92 Å². The first kappa shape index (κ1) is 13.8. The van der Waals surface area contributed by atoms with Gasteiger partial charge in [-0.15, -0.1) is 0 Å². The highest BCUT2D eigenvalue weighted by molar-refractivity contribution is 5.70. The fraction of sp³-hybridized carbons (Fsp3) is 0.400. The lowest BCUT2D eigenvalue weighted by molar-refractivity contribution is -0.143. The summed E-state index contributed by atoms with van der Waals surface area (Å²) in [5, 5.41) is 13.0. The topological polar surface area (TPSA) is 79.5 Å². The van der Waals surface area contributed by atoms with Crippen LogP contribution in [0.4, 0.5) is 0 Å². The molecule has 1 N–H and O–H groups in total. The van der Waals surface area contributed by atoms with E-state index in [0.29, 0.717) is 31.1 Å². The van der Waals surface area contributed by atoms with Crippen LogP contribution in [-0.4, -0.2) is 39.2 Å². The molecule has 2 aromatic rings. The Morgan fingerprint density at radius 1 is 1.29 bits per heavy atom. The molecule has 0 saturated carbocycles. The summed E-state index contributed by atoms with van der Waals surface area (Å²) in [5.41, 5.74) is 0.904. The van der Waals surface area contributed by atoms with Crippen molar-refractivity contribution in [3.8, 4) is 11.5 Å². The molecule has 3 rings (SSSR count). The number of aliphatic carboxylic acids is 1. The number of carboxylic acids is 1. The summed E-state index contributed by atoms with van der Waals surface area (Å²) < 4.78 is 5.27. The molecule has 21 heavy (non-hydrogen) atoms. The van der Waals surface area contributed by atoms with Crippen LogP contribution in [-0.2, 0) is 11.3 Å². The van der Waals surface area contributed by atoms with Crippen molar-refractivity contribution in [3.05, 3.63) is 36.2 Å². The Kier molecular flexibility index (Phi) is 3.96. The molecule has 1 aromatic carbocycles. The largest absolute Gasteiger partial charge is 0.481 e. The highest BCUT2D eigenvalue weighted by Crippen LogP contribution is 2.20. The molecule has 0 spiro atoms. The molecule has 0 aliphatic carbocycles. The van der Waals surface area contributed by atoms with E-state index in [4.69, 9.17) is 9.63 Å². The van der Waals surface area contributed by atoms with Gasteiger partial charge in [0.1, 0.15) is 0 Å². The minimum absolute atomic E-state index is 0.216. The van der Waals surface area contributed by atoms with Crippen molar-refractivity contribution < 1.29 is 14.4 Å². The number of benzene rings is 1. The molecule has 6 nitrogen and oxygen atoms in total. The summed E-state index contributed by atoms with van der Waals surface area (Å²) in [6.45, 7) is 2.11. The van der Waals surface area contributed by atoms with Crippen molar-refractivity contribution in [2.45, 2.75) is 19.4 Å². The minimum atomic E-state index is -0.694. The molecule has 2 heterocycles. The Bertz CT molecular complexity index is 604. The van der Waals surface area contributed by atoms with Crippen LogP contribution < -0.4 is 0 Å². The minimum Gasteiger partial charge on any atom is -0.481 e. The van der Waals surface area contributed by atoms with Crippen LogP contribution >= 0.6 is 0 Å². The first-order valence-electron chi connectivity index (χ1n) is 7.05. The van der Waals surface area contributed by atoms with E-state index in [2.05, 4.69) is 15.0 Å². The number of aromatic nitrogens is 2. The zero-order valence-electron chi connectivity index (χ0n) is 11.6. The van der Waals surface area contributed by atoms with Gasteiger partial charge in [0.15, 0.2) is 5.82 Å². The SMILES string of the molecule is O=C(O)C1CCN(Cc2noc(-c3ccccc3)n2)CC1. The summed E-state index contributed by atoms with van der Waals surface area (Å²) in [6.07, 6.45) is 1.36. The lowest BCUT2D eigenvalue weighted by Crippen LogP contribution is -2.36. The number of carboxylic acid groups (broad SMARTS) is 1. The molecule has 0 radical (unpaired) electrons. The third-order valence-corrected chi connectivity index (χ3v) is 3.79. The second kappa shape index (κ2) is 6.05. The lowest BCUT2D eigenvalue weighted by atomic mass is 9.97. The van der Waals surface area contributed by atoms with Gasteiger partial charge in [-0.3, -0.25) is 9.69 Å². The summed E-state index contributed by atoms with van der Waals surface area (Å²) >= 11 is 0. The molecular formula is C15H17N3O3. The quantitative estimate of drug-likeness (QED) is 0.927. The average Bonchev–Trinajstić information content (AvgIpc) is 2.97. The van der Waals surface area contributed by atoms with Crippen molar-refractivity contribution in [3.63, 3.8) is 0 Å². The molecule has 0 unspecified atom stereocenters. The van der Waals surface area contributed by atoms with E-state index in [1.54, 1.807) is 0 Å². The monoisotopic (exact) mass is 287 g/mol. The van der Waals surface area contributed by atoms with Gasteiger partial charge in [0.05, 0.1) is 12.5 Å². The number of nitrogens with zero attached hydrogens (tertiary/aromatic N) is 3. The Morgan fingerprint density at radius 2 is 2.00 bits per heavy atom. The van der Waals surface area contributed by atoms with E-state index in [9.17, 15) is 4.79 Å². The van der Waals surface area contributed by atoms with E-state index in [-0.39, 0.29) is 5.92 Å². The van der Waals surface area contributed by atoms with Crippen LogP contribution in [0.25, 0.3) is 11.5 Å². The van der Waals surface area contributed by atoms with Gasteiger partial charge >= 0.3 is 5.97 Å². The lowest BCUT2D eigenvalue weighted by Gasteiger charge is -2.28. The van der Waals surface area contributed by atoms with Crippen molar-refractivity contribution in [1.82, 2.24) is 15.0 Å². The van der Waals surface area contributed by atoms with Gasteiger partial charge in [0.25, 0.3) is 5.89 Å². The molecule has 110 valence electrons. The smallest absolute Gasteiger partial charge is 0.306 e. The normalized spacial score (nSPS) is 17.0. The Morgan fingerprint density at radius 3 is 2.67 bits per heavy atom. The molecule has 1 aliphatic heterocycles. The van der Waals surface area contributed by atoms with Crippen LogP contribution in [0.3, 0.4) is 0 Å². The molecule has 1 aromatic heterocycles. The number of piperidine rings is 1. The number of hydrogen-bond donors (Lipinski definition) is 1. The van der Waals surface area contributed by atoms with Gasteiger partial charge in [-0.1, -0.05) is 23.4 Å². The summed E-state index contributed by atoms with van der Waals surface area (Å²) in [6, 6.07) is 9.64. The van der Waals surface area contributed by atoms with Gasteiger partial charge in [-0.25, -0.2) is 0 Å². The Labute approximate surface area is 122 Å². The summed E-state index contributed by atoms with van der Waals surface area (Å²) in [5.74, 6) is 0.251. The second-order valence-electron chi connectivity index (χ2n) is 5.27. The number of hydrogen-bond acceptors (Lipinski definition) is 5. The third-order valence-electron chi connectivity index (χ3n) is 3.79. The maximum absolute atomic E-state index is 10.9. The Hall–Kier alpha value is -2.21. The highest BCUT2D eigenvalue weighted by Gasteiger charge is 2.25. The molecule has 0 bridgehead atoms. The van der Waals surface area contributed by atoms with Crippen molar-refractivity contribution in [1.29, 1.82) is 0 Å². The van der Waals surface area contributed by atoms with Crippen LogP contribution in [0.2, 0.25) is 0 Å². The fourth-order valence-electron chi connectivity index (χ4n) is 2.55. The van der Waals surface area contributed by atoms with Gasteiger partial charge in [-0.05, 0) is 38.1 Å². The van der Waals surface area contributed by atoms with Gasteiger partial charge in [0.2, 0.25) is 0 Å². The molecular weight excluding hydrogens is 270 g/mol. The van der Waals surface area contributed by atoms with Gasteiger partial charge < -0.3 is 9.63 Å². The molecule has 0 atom stereocenters. The van der Waals surface area contributed by atoms with Gasteiger partial charge in [-0.2, -0.15) is 4.98 Å². The number of likely N-dealkylation sites (tertiary alicyclic amines) is 1. The zero-order valence-corrected chi connectivity index (χ0v) is 11.6. The standard InChI is InChI=1S/C15H17N3O3/c19-15(20)12-6-8-18(9-7-12)10-13-16-14(21-17-13)11-4-2-1-3-5-11/h1-5,12H,6-10H2,(H,19,20). The highest BCUT2D eigenvalue weighted by atomic mass is 16.5. The van der Waals surface area contributed by atoms with E-state index in [1.807, 2.05) is 30.3 Å². The predicted octanol–water partition coefficient (Wildman–Crippen LogP) is 2.03. The maximum Gasteiger partial charge on any atom is 0.306 e. The first-order valence-corrected chi connectivity index (χ1v) is 7.05. The predicted molar refractivity (Wildman–Crippen MR) is 75.4 cm³/mol. The third kappa shape index (κ3) is 3.28. The van der Waals surface area contributed by atoms with Crippen LogP contribution in [0, 0.1) is 5.92 Å². The Balaban J connectivity index is 1.60. The van der Waals surface area contributed by atoms with E-state index < -0.39 is 5.97 Å². The van der Waals surface area contributed by atoms with E-state index in [1.165, 1.54) is 0 Å². The summed E-state index contributed by atoms with van der Waals surface area (Å²) in [7, 11) is 0. The van der Waals surface area contributed by atoms with Crippen LogP contribution in [0.15, 0.2) is 34.9 Å². The average molecular weight is 287 g/mol. The van der Waals surface area contributed by atoms with E-state index >= 15 is 0 Å². The summed E-state index contributed by atoms with van der Waals surface area (Å²) in [4.78, 5) is 17.5. The number of carbonyl (C=O) groups is 1. The fourth-order valence-corrected chi connectivity index (χ4v) is 2.55. The first-order chi connectivity index (χ1) is 10.2. The molecule has 0 amide bonds. The van der Waals surface area contributed by atoms with Crippen molar-refractivity contribution >= 4 is 5.97 Å². The zero-order chi connectivity index (χ0) is 14.7.